The molecule has 6 heteroatoms. The van der Waals surface area contributed by atoms with Gasteiger partial charge in [-0.2, -0.15) is 0 Å². The van der Waals surface area contributed by atoms with E-state index >= 15 is 0 Å². The minimum absolute atomic E-state index is 0.0974. The molecule has 3 rings (SSSR count). The molecule has 3 aromatic rings. The molecule has 5 nitrogen and oxygen atoms in total. The Morgan fingerprint density at radius 2 is 1.62 bits per heavy atom. The number of hydrogen-bond donors (Lipinski definition) is 1. The van der Waals surface area contributed by atoms with Gasteiger partial charge < -0.3 is 15.0 Å². The van der Waals surface area contributed by atoms with E-state index in [0.717, 1.165) is 11.1 Å². The number of amides is 2. The van der Waals surface area contributed by atoms with Crippen LogP contribution in [0.3, 0.4) is 0 Å². The molecule has 29 heavy (non-hydrogen) atoms. The highest BCUT2D eigenvalue weighted by Crippen LogP contribution is 2.30. The number of halogens is 1. The molecule has 148 valence electrons. The fourth-order valence-electron chi connectivity index (χ4n) is 2.72. The highest BCUT2D eigenvalue weighted by Gasteiger charge is 2.10. The van der Waals surface area contributed by atoms with Gasteiger partial charge in [0, 0.05) is 25.3 Å². The Morgan fingerprint density at radius 3 is 2.24 bits per heavy atom. The van der Waals surface area contributed by atoms with Gasteiger partial charge in [0.15, 0.2) is 6.61 Å². The van der Waals surface area contributed by atoms with Crippen molar-refractivity contribution in [2.24, 2.45) is 0 Å². The molecule has 0 saturated heterocycles. The van der Waals surface area contributed by atoms with Crippen molar-refractivity contribution in [2.45, 2.75) is 0 Å². The van der Waals surface area contributed by atoms with Crippen molar-refractivity contribution in [3.8, 4) is 16.9 Å². The molecule has 0 atom stereocenters. The third-order valence-electron chi connectivity index (χ3n) is 4.22. The average Bonchev–Trinajstić information content (AvgIpc) is 2.73. The molecule has 0 fully saturated rings. The molecule has 0 aliphatic carbocycles. The molecular weight excluding hydrogens is 388 g/mol. The van der Waals surface area contributed by atoms with Crippen molar-refractivity contribution < 1.29 is 14.3 Å². The summed E-state index contributed by atoms with van der Waals surface area (Å²) in [7, 11) is 3.37. The quantitative estimate of drug-likeness (QED) is 0.641. The van der Waals surface area contributed by atoms with E-state index in [9.17, 15) is 9.59 Å². The fraction of sp³-hybridized carbons (Fsp3) is 0.130. The zero-order valence-corrected chi connectivity index (χ0v) is 16.9. The van der Waals surface area contributed by atoms with Crippen LogP contribution in [0.2, 0.25) is 5.02 Å². The van der Waals surface area contributed by atoms with Gasteiger partial charge in [-0.05, 0) is 47.5 Å². The summed E-state index contributed by atoms with van der Waals surface area (Å²) in [6.07, 6.45) is 0. The maximum absolute atomic E-state index is 12.2. The molecule has 0 radical (unpaired) electrons. The number of nitrogens with one attached hydrogen (secondary N) is 1. The molecule has 0 aliphatic rings. The molecular formula is C23H21ClN2O3. The number of benzene rings is 3. The van der Waals surface area contributed by atoms with Gasteiger partial charge in [0.2, 0.25) is 0 Å². The second-order valence-electron chi connectivity index (χ2n) is 6.63. The maximum atomic E-state index is 12.2. The van der Waals surface area contributed by atoms with Crippen LogP contribution in [0, 0.1) is 0 Å². The van der Waals surface area contributed by atoms with Gasteiger partial charge in [0.25, 0.3) is 11.8 Å². The number of carbonyl (C=O) groups is 2. The van der Waals surface area contributed by atoms with Gasteiger partial charge in [-0.25, -0.2) is 0 Å². The van der Waals surface area contributed by atoms with Crippen LogP contribution in [-0.4, -0.2) is 37.4 Å². The number of hydrogen-bond acceptors (Lipinski definition) is 3. The fourth-order valence-corrected chi connectivity index (χ4v) is 2.96. The molecule has 0 aromatic heterocycles. The van der Waals surface area contributed by atoms with E-state index in [1.807, 2.05) is 42.5 Å². The number of anilines is 1. The molecule has 0 saturated carbocycles. The van der Waals surface area contributed by atoms with Crippen molar-refractivity contribution in [1.29, 1.82) is 0 Å². The maximum Gasteiger partial charge on any atom is 0.262 e. The summed E-state index contributed by atoms with van der Waals surface area (Å²) in [6, 6.07) is 22.0. The summed E-state index contributed by atoms with van der Waals surface area (Å²) in [5, 5.41) is 3.17. The molecule has 1 N–H and O–H groups in total. The number of nitrogens with zero attached hydrogens (tertiary/aromatic N) is 1. The van der Waals surface area contributed by atoms with Gasteiger partial charge >= 0.3 is 0 Å². The molecule has 0 unspecified atom stereocenters. The first-order valence-corrected chi connectivity index (χ1v) is 9.41. The largest absolute Gasteiger partial charge is 0.482 e. The minimum Gasteiger partial charge on any atom is -0.482 e. The zero-order chi connectivity index (χ0) is 20.8. The Morgan fingerprint density at radius 1 is 0.931 bits per heavy atom. The van der Waals surface area contributed by atoms with Gasteiger partial charge in [-0.15, -0.1) is 0 Å². The summed E-state index contributed by atoms with van der Waals surface area (Å²) >= 11 is 6.30. The second kappa shape index (κ2) is 9.26. The lowest BCUT2D eigenvalue weighted by molar-refractivity contribution is -0.118. The van der Waals surface area contributed by atoms with Crippen molar-refractivity contribution in [3.05, 3.63) is 83.4 Å². The monoisotopic (exact) mass is 408 g/mol. The van der Waals surface area contributed by atoms with E-state index in [2.05, 4.69) is 5.32 Å². The number of ether oxygens (including phenoxy) is 1. The number of rotatable bonds is 6. The Kier molecular flexibility index (Phi) is 6.52. The summed E-state index contributed by atoms with van der Waals surface area (Å²) in [5.41, 5.74) is 3.16. The van der Waals surface area contributed by atoms with Crippen molar-refractivity contribution in [1.82, 2.24) is 4.90 Å². The van der Waals surface area contributed by atoms with Crippen LogP contribution < -0.4 is 10.1 Å². The third-order valence-corrected chi connectivity index (χ3v) is 4.51. The highest BCUT2D eigenvalue weighted by atomic mass is 35.5. The van der Waals surface area contributed by atoms with Crippen LogP contribution in [0.4, 0.5) is 5.69 Å². The van der Waals surface area contributed by atoms with Crippen LogP contribution in [0.1, 0.15) is 10.4 Å². The lowest BCUT2D eigenvalue weighted by Gasteiger charge is -2.12. The van der Waals surface area contributed by atoms with E-state index in [1.165, 1.54) is 4.90 Å². The molecule has 0 spiro atoms. The Balaban J connectivity index is 1.57. The number of carbonyl (C=O) groups excluding carboxylic acids is 2. The predicted octanol–water partition coefficient (Wildman–Crippen LogP) is 4.73. The highest BCUT2D eigenvalue weighted by molar-refractivity contribution is 6.32. The summed E-state index contributed by atoms with van der Waals surface area (Å²) in [5.74, 6) is 0.0214. The van der Waals surface area contributed by atoms with Crippen molar-refractivity contribution in [3.63, 3.8) is 0 Å². The van der Waals surface area contributed by atoms with Crippen molar-refractivity contribution in [2.75, 3.05) is 26.0 Å². The molecule has 2 amide bonds. The normalized spacial score (nSPS) is 10.3. The lowest BCUT2D eigenvalue weighted by atomic mass is 10.1. The zero-order valence-electron chi connectivity index (χ0n) is 16.2. The first kappa shape index (κ1) is 20.4. The van der Waals surface area contributed by atoms with Gasteiger partial charge in [-0.1, -0.05) is 48.0 Å². The average molecular weight is 409 g/mol. The third kappa shape index (κ3) is 5.36. The summed E-state index contributed by atoms with van der Waals surface area (Å²) < 4.78 is 5.55. The van der Waals surface area contributed by atoms with E-state index in [-0.39, 0.29) is 18.4 Å². The predicted molar refractivity (Wildman–Crippen MR) is 115 cm³/mol. The topological polar surface area (TPSA) is 58.6 Å². The van der Waals surface area contributed by atoms with E-state index < -0.39 is 0 Å². The molecule has 0 heterocycles. The van der Waals surface area contributed by atoms with Crippen LogP contribution in [0.5, 0.6) is 5.75 Å². The van der Waals surface area contributed by atoms with Crippen LogP contribution >= 0.6 is 11.6 Å². The smallest absolute Gasteiger partial charge is 0.262 e. The van der Waals surface area contributed by atoms with Gasteiger partial charge in [-0.3, -0.25) is 9.59 Å². The van der Waals surface area contributed by atoms with Gasteiger partial charge in [0.1, 0.15) is 5.75 Å². The van der Waals surface area contributed by atoms with Crippen LogP contribution in [0.25, 0.3) is 11.1 Å². The Labute approximate surface area is 174 Å². The SMILES string of the molecule is CN(C)C(=O)c1ccc(NC(=O)COc2ccc(-c3ccccc3)cc2Cl)cc1. The van der Waals surface area contributed by atoms with E-state index in [1.54, 1.807) is 44.4 Å². The lowest BCUT2D eigenvalue weighted by Crippen LogP contribution is -2.22. The Hall–Kier alpha value is -3.31. The molecule has 0 bridgehead atoms. The van der Waals surface area contributed by atoms with Crippen LogP contribution in [-0.2, 0) is 4.79 Å². The summed E-state index contributed by atoms with van der Waals surface area (Å²) in [6.45, 7) is -0.178. The molecule has 3 aromatic carbocycles. The first-order chi connectivity index (χ1) is 13.9. The summed E-state index contributed by atoms with van der Waals surface area (Å²) in [4.78, 5) is 25.5. The van der Waals surface area contributed by atoms with E-state index in [4.69, 9.17) is 16.3 Å². The van der Waals surface area contributed by atoms with Crippen molar-refractivity contribution >= 4 is 29.1 Å². The van der Waals surface area contributed by atoms with E-state index in [0.29, 0.717) is 22.0 Å². The van der Waals surface area contributed by atoms with Crippen LogP contribution in [0.15, 0.2) is 72.8 Å². The first-order valence-electron chi connectivity index (χ1n) is 9.03. The standard InChI is InChI=1S/C23H21ClN2O3/c1-26(2)23(28)17-8-11-19(12-9-17)25-22(27)15-29-21-13-10-18(14-20(21)24)16-6-4-3-5-7-16/h3-14H,15H2,1-2H3,(H,25,27). The second-order valence-corrected chi connectivity index (χ2v) is 7.03. The van der Waals surface area contributed by atoms with Gasteiger partial charge in [0.05, 0.1) is 5.02 Å². The Bertz CT molecular complexity index is 1000. The minimum atomic E-state index is -0.320. The molecule has 0 aliphatic heterocycles.